The van der Waals surface area contributed by atoms with E-state index in [0.717, 1.165) is 32.1 Å². The first-order chi connectivity index (χ1) is 11.7. The Bertz CT molecular complexity index is 485. The van der Waals surface area contributed by atoms with Gasteiger partial charge in [-0.05, 0) is 44.6 Å². The van der Waals surface area contributed by atoms with Gasteiger partial charge in [0.15, 0.2) is 6.29 Å². The maximum Gasteiger partial charge on any atom is 0.242 e. The van der Waals surface area contributed by atoms with E-state index in [4.69, 9.17) is 0 Å². The molecule has 0 saturated heterocycles. The molecule has 24 heavy (non-hydrogen) atoms. The van der Waals surface area contributed by atoms with E-state index in [1.54, 1.807) is 13.0 Å². The summed E-state index contributed by atoms with van der Waals surface area (Å²) < 4.78 is 0. The molecule has 0 amide bonds. The molecule has 4 nitrogen and oxygen atoms in total. The topological polar surface area (TPSA) is 60.2 Å². The van der Waals surface area contributed by atoms with Crippen molar-refractivity contribution in [2.45, 2.75) is 58.3 Å². The second-order valence-corrected chi connectivity index (χ2v) is 5.17. The smallest absolute Gasteiger partial charge is 0.242 e. The van der Waals surface area contributed by atoms with Crippen molar-refractivity contribution >= 4 is 6.29 Å². The molecular formula is C20H28NO3. The van der Waals surface area contributed by atoms with Crippen LogP contribution in [0.15, 0.2) is 60.4 Å². The lowest BCUT2D eigenvalue weighted by molar-refractivity contribution is -0.427. The largest absolute Gasteiger partial charge is 0.291 e. The fourth-order valence-electron chi connectivity index (χ4n) is 1.87. The summed E-state index contributed by atoms with van der Waals surface area (Å²) in [6.45, 7) is 1.79. The summed E-state index contributed by atoms with van der Waals surface area (Å²) in [5.41, 5.74) is 0.274. The molecule has 0 bridgehead atoms. The molecule has 0 aromatic heterocycles. The van der Waals surface area contributed by atoms with Gasteiger partial charge in [-0.1, -0.05) is 55.5 Å². The zero-order valence-electron chi connectivity index (χ0n) is 14.5. The number of carbonyl (C=O) groups excluding carboxylic acids is 1. The van der Waals surface area contributed by atoms with Gasteiger partial charge in [0, 0.05) is 12.8 Å². The van der Waals surface area contributed by atoms with E-state index in [1.165, 1.54) is 0 Å². The molecule has 0 heterocycles. The third-order valence-corrected chi connectivity index (χ3v) is 3.22. The quantitative estimate of drug-likeness (QED) is 0.180. The normalized spacial score (nSPS) is 13.0. The Labute approximate surface area is 145 Å². The van der Waals surface area contributed by atoms with Crippen LogP contribution in [0, 0.1) is 10.1 Å². The highest BCUT2D eigenvalue weighted by molar-refractivity contribution is 5.50. The van der Waals surface area contributed by atoms with Crippen LogP contribution in [0.3, 0.4) is 0 Å². The summed E-state index contributed by atoms with van der Waals surface area (Å²) >= 11 is 0. The van der Waals surface area contributed by atoms with Crippen molar-refractivity contribution in [3.8, 4) is 0 Å². The van der Waals surface area contributed by atoms with Gasteiger partial charge in [0.1, 0.15) is 0 Å². The van der Waals surface area contributed by atoms with Crippen molar-refractivity contribution in [3.63, 3.8) is 0 Å². The second-order valence-electron chi connectivity index (χ2n) is 5.17. The van der Waals surface area contributed by atoms with Crippen LogP contribution in [0.2, 0.25) is 0 Å². The van der Waals surface area contributed by atoms with Crippen LogP contribution in [-0.2, 0) is 4.79 Å². The van der Waals surface area contributed by atoms with E-state index in [9.17, 15) is 14.9 Å². The predicted molar refractivity (Wildman–Crippen MR) is 99.9 cm³/mol. The van der Waals surface area contributed by atoms with Crippen molar-refractivity contribution in [3.05, 3.63) is 70.5 Å². The fourth-order valence-corrected chi connectivity index (χ4v) is 1.87. The summed E-state index contributed by atoms with van der Waals surface area (Å²) in [5, 5.41) is 10.6. The summed E-state index contributed by atoms with van der Waals surface area (Å²) in [5.74, 6) is 0. The predicted octanol–water partition coefficient (Wildman–Crippen LogP) is 5.62. The molecule has 0 spiro atoms. The van der Waals surface area contributed by atoms with Crippen LogP contribution in [0.1, 0.15) is 58.3 Å². The average molecular weight is 330 g/mol. The Balaban J connectivity index is 3.68. The standard InChI is InChI=1S/C20H28NO3/c1-2-20(21(23)24)18-16-14-12-10-8-6-4-3-5-7-9-11-13-15-17-19-22/h3,5-6,8-9,11-12,14,18H,2,4,7,10,13,15-17H2,1H3/b5-3+,8-6+,11-9+,14-12+,20-18-. The van der Waals surface area contributed by atoms with Gasteiger partial charge in [-0.15, -0.1) is 0 Å². The highest BCUT2D eigenvalue weighted by Gasteiger charge is 2.03. The van der Waals surface area contributed by atoms with E-state index in [-0.39, 0.29) is 10.6 Å². The van der Waals surface area contributed by atoms with Gasteiger partial charge in [-0.2, -0.15) is 0 Å². The van der Waals surface area contributed by atoms with E-state index >= 15 is 0 Å². The Kier molecular flexibility index (Phi) is 15.5. The van der Waals surface area contributed by atoms with Crippen LogP contribution < -0.4 is 0 Å². The van der Waals surface area contributed by atoms with Crippen molar-refractivity contribution < 1.29 is 9.72 Å². The van der Waals surface area contributed by atoms with Crippen LogP contribution in [0.5, 0.6) is 0 Å². The lowest BCUT2D eigenvalue weighted by Crippen LogP contribution is -1.96. The Morgan fingerprint density at radius 1 is 0.917 bits per heavy atom. The van der Waals surface area contributed by atoms with Gasteiger partial charge in [0.25, 0.3) is 0 Å². The van der Waals surface area contributed by atoms with Gasteiger partial charge in [0.05, 0.1) is 4.92 Å². The van der Waals surface area contributed by atoms with E-state index in [1.807, 2.05) is 18.4 Å². The fraction of sp³-hybridized carbons (Fsp3) is 0.450. The molecule has 1 radical (unpaired) electrons. The first-order valence-electron chi connectivity index (χ1n) is 8.50. The van der Waals surface area contributed by atoms with Gasteiger partial charge >= 0.3 is 0 Å². The number of unbranched alkanes of at least 4 members (excludes halogenated alkanes) is 2. The first-order valence-corrected chi connectivity index (χ1v) is 8.50. The highest BCUT2D eigenvalue weighted by Crippen LogP contribution is 2.03. The van der Waals surface area contributed by atoms with E-state index in [2.05, 4.69) is 36.5 Å². The SMILES string of the molecule is CC/C(=C/C/C=C/C/C=C/C/C=C/C/C=C/CCC[C]=O)[N+](=O)[O-]. The van der Waals surface area contributed by atoms with Gasteiger partial charge in [0.2, 0.25) is 5.70 Å². The number of hydrogen-bond acceptors (Lipinski definition) is 3. The minimum Gasteiger partial charge on any atom is -0.291 e. The number of allylic oxidation sites excluding steroid dienone is 10. The van der Waals surface area contributed by atoms with Crippen LogP contribution in [0.4, 0.5) is 0 Å². The molecular weight excluding hydrogens is 302 g/mol. The molecule has 0 unspecified atom stereocenters. The molecule has 4 heteroatoms. The van der Waals surface area contributed by atoms with Gasteiger partial charge in [-0.25, -0.2) is 0 Å². The van der Waals surface area contributed by atoms with Crippen LogP contribution in [0.25, 0.3) is 0 Å². The third kappa shape index (κ3) is 14.7. The maximum atomic E-state index is 10.6. The molecule has 0 aliphatic heterocycles. The molecule has 0 aromatic carbocycles. The maximum absolute atomic E-state index is 10.6. The second kappa shape index (κ2) is 17.1. The number of rotatable bonds is 14. The molecule has 0 N–H and O–H groups in total. The van der Waals surface area contributed by atoms with Crippen molar-refractivity contribution in [1.82, 2.24) is 0 Å². The minimum atomic E-state index is -0.320. The molecule has 0 rings (SSSR count). The summed E-state index contributed by atoms with van der Waals surface area (Å²) in [7, 11) is 0. The van der Waals surface area contributed by atoms with Crippen molar-refractivity contribution in [1.29, 1.82) is 0 Å². The molecule has 131 valence electrons. The molecule has 0 saturated carbocycles. The van der Waals surface area contributed by atoms with Crippen molar-refractivity contribution in [2.75, 3.05) is 0 Å². The Morgan fingerprint density at radius 3 is 1.88 bits per heavy atom. The lowest BCUT2D eigenvalue weighted by atomic mass is 10.2. The third-order valence-electron chi connectivity index (χ3n) is 3.22. The zero-order valence-corrected chi connectivity index (χ0v) is 14.5. The van der Waals surface area contributed by atoms with E-state index < -0.39 is 0 Å². The number of nitro groups is 1. The molecule has 0 aliphatic carbocycles. The number of hydrogen-bond donors (Lipinski definition) is 0. The van der Waals surface area contributed by atoms with Crippen LogP contribution in [-0.4, -0.2) is 11.2 Å². The van der Waals surface area contributed by atoms with Gasteiger partial charge < -0.3 is 0 Å². The minimum absolute atomic E-state index is 0.274. The molecule has 0 aromatic rings. The molecule has 0 aliphatic rings. The highest BCUT2D eigenvalue weighted by atomic mass is 16.6. The molecule has 0 fully saturated rings. The van der Waals surface area contributed by atoms with Gasteiger partial charge in [-0.3, -0.25) is 14.9 Å². The summed E-state index contributed by atoms with van der Waals surface area (Å²) in [4.78, 5) is 20.3. The van der Waals surface area contributed by atoms with Crippen molar-refractivity contribution in [2.24, 2.45) is 0 Å². The summed E-state index contributed by atoms with van der Waals surface area (Å²) in [6, 6.07) is 0. The summed E-state index contributed by atoms with van der Waals surface area (Å²) in [6.07, 6.45) is 26.2. The van der Waals surface area contributed by atoms with E-state index in [0.29, 0.717) is 19.3 Å². The Morgan fingerprint density at radius 2 is 1.42 bits per heavy atom. The first kappa shape index (κ1) is 21.8. The zero-order chi connectivity index (χ0) is 17.9. The molecule has 0 atom stereocenters. The Hall–Kier alpha value is -2.23. The van der Waals surface area contributed by atoms with Crippen LogP contribution >= 0.6 is 0 Å². The average Bonchev–Trinajstić information content (AvgIpc) is 2.57. The lowest BCUT2D eigenvalue weighted by Gasteiger charge is -1.91. The monoisotopic (exact) mass is 330 g/mol. The number of nitrogens with zero attached hydrogens (tertiary/aromatic N) is 1.